The van der Waals surface area contributed by atoms with Crippen LogP contribution in [0.3, 0.4) is 0 Å². The molecule has 1 N–H and O–H groups in total. The number of carbonyl (C=O) groups is 1. The van der Waals surface area contributed by atoms with Gasteiger partial charge in [0, 0.05) is 6.07 Å². The lowest BCUT2D eigenvalue weighted by atomic mass is 10.0. The number of methoxy groups -OCH3 is 1. The van der Waals surface area contributed by atoms with Crippen LogP contribution in [0.2, 0.25) is 0 Å². The average molecular weight is 344 g/mol. The third-order valence-electron chi connectivity index (χ3n) is 2.55. The minimum absolute atomic E-state index is 0.394. The van der Waals surface area contributed by atoms with Crippen LogP contribution in [0.5, 0.6) is 0 Å². The number of hydrogen-bond donors (Lipinski definition) is 1. The minimum Gasteiger partial charge on any atom is -0.464 e. The first-order valence-electron chi connectivity index (χ1n) is 6.11. The number of halogens is 3. The monoisotopic (exact) mass is 344 g/mol. The largest absolute Gasteiger partial charge is 0.464 e. The maximum Gasteiger partial charge on any atom is 0.404 e. The second-order valence-corrected chi connectivity index (χ2v) is 6.51. The number of nitrogens with one attached hydrogen (secondary N) is 1. The van der Waals surface area contributed by atoms with Crippen LogP contribution >= 0.6 is 0 Å². The van der Waals surface area contributed by atoms with Gasteiger partial charge in [-0.05, 0) is 12.3 Å². The average Bonchev–Trinajstić information content (AvgIpc) is 2.85. The summed E-state index contributed by atoms with van der Waals surface area (Å²) in [5.41, 5.74) is -0.463. The fraction of sp³-hybridized carbons (Fsp3) is 0.636. The van der Waals surface area contributed by atoms with Crippen LogP contribution in [-0.4, -0.2) is 38.9 Å². The van der Waals surface area contributed by atoms with E-state index in [0.717, 1.165) is 7.11 Å². The van der Waals surface area contributed by atoms with E-state index >= 15 is 0 Å². The Morgan fingerprint density at radius 1 is 1.45 bits per heavy atom. The molecule has 0 amide bonds. The molecule has 0 aliphatic heterocycles. The number of sulfonamides is 1. The molecule has 0 radical (unpaired) electrons. The highest BCUT2D eigenvalue weighted by atomic mass is 32.2. The Labute approximate surface area is 124 Å². The fourth-order valence-corrected chi connectivity index (χ4v) is 2.67. The lowest BCUT2D eigenvalue weighted by Gasteiger charge is -2.22. The Morgan fingerprint density at radius 2 is 2.05 bits per heavy atom. The van der Waals surface area contributed by atoms with E-state index in [2.05, 4.69) is 14.4 Å². The van der Waals surface area contributed by atoms with Gasteiger partial charge in [-0.15, -0.1) is 0 Å². The van der Waals surface area contributed by atoms with Crippen molar-refractivity contribution < 1.29 is 35.6 Å². The van der Waals surface area contributed by atoms with Crippen LogP contribution in [0, 0.1) is 5.92 Å². The lowest BCUT2D eigenvalue weighted by molar-refractivity contribution is -0.154. The first-order valence-corrected chi connectivity index (χ1v) is 7.59. The van der Waals surface area contributed by atoms with E-state index < -0.39 is 51.3 Å². The topological polar surface area (TPSA) is 98.5 Å². The van der Waals surface area contributed by atoms with Gasteiger partial charge >= 0.3 is 12.1 Å². The Bertz CT molecular complexity index is 624. The summed E-state index contributed by atoms with van der Waals surface area (Å²) in [7, 11) is -3.58. The molecular weight excluding hydrogens is 329 g/mol. The first kappa shape index (κ1) is 18.4. The molecule has 126 valence electrons. The van der Waals surface area contributed by atoms with Gasteiger partial charge in [0.1, 0.15) is 6.04 Å². The molecule has 1 aromatic heterocycles. The molecule has 1 rings (SSSR count). The number of aromatic nitrogens is 1. The Balaban J connectivity index is 3.02. The second kappa shape index (κ2) is 6.65. The molecule has 0 saturated carbocycles. The van der Waals surface area contributed by atoms with E-state index in [9.17, 15) is 26.4 Å². The summed E-state index contributed by atoms with van der Waals surface area (Å²) < 4.78 is 72.6. The van der Waals surface area contributed by atoms with Gasteiger partial charge in [-0.1, -0.05) is 19.0 Å². The molecule has 0 unspecified atom stereocenters. The summed E-state index contributed by atoms with van der Waals surface area (Å²) in [5.74, 6) is -1.37. The molecule has 0 bridgehead atoms. The molecule has 0 fully saturated rings. The van der Waals surface area contributed by atoms with Gasteiger partial charge in [-0.2, -0.15) is 17.9 Å². The highest BCUT2D eigenvalue weighted by Crippen LogP contribution is 2.26. The molecule has 22 heavy (non-hydrogen) atoms. The van der Waals surface area contributed by atoms with Gasteiger partial charge in [0.05, 0.1) is 7.11 Å². The van der Waals surface area contributed by atoms with Crippen molar-refractivity contribution in [3.8, 4) is 0 Å². The number of nitrogens with zero attached hydrogens (tertiary/aromatic N) is 1. The van der Waals surface area contributed by atoms with Crippen LogP contribution < -0.4 is 4.72 Å². The molecular formula is C11H15F3N2O5S. The fourth-order valence-electron chi connectivity index (χ4n) is 1.55. The van der Waals surface area contributed by atoms with Gasteiger partial charge in [0.25, 0.3) is 15.1 Å². The van der Waals surface area contributed by atoms with Gasteiger partial charge in [0.2, 0.25) is 0 Å². The molecule has 0 spiro atoms. The van der Waals surface area contributed by atoms with Crippen LogP contribution in [0.25, 0.3) is 0 Å². The van der Waals surface area contributed by atoms with Crippen LogP contribution in [0.15, 0.2) is 15.7 Å². The minimum atomic E-state index is -4.76. The van der Waals surface area contributed by atoms with Crippen LogP contribution in [0.1, 0.15) is 30.8 Å². The van der Waals surface area contributed by atoms with Crippen molar-refractivity contribution in [2.24, 2.45) is 5.92 Å². The van der Waals surface area contributed by atoms with Crippen molar-refractivity contribution >= 4 is 16.0 Å². The Kier molecular flexibility index (Phi) is 5.57. The normalized spacial score (nSPS) is 14.1. The van der Waals surface area contributed by atoms with Gasteiger partial charge in [-0.25, -0.2) is 13.2 Å². The summed E-state index contributed by atoms with van der Waals surface area (Å²) in [5, 5.41) is 2.24. The van der Waals surface area contributed by atoms with Crippen molar-refractivity contribution in [1.29, 1.82) is 0 Å². The zero-order valence-corrected chi connectivity index (χ0v) is 12.8. The summed E-state index contributed by atoms with van der Waals surface area (Å²) in [4.78, 5) is 11.1. The molecule has 0 aromatic carbocycles. The van der Waals surface area contributed by atoms with Crippen molar-refractivity contribution in [1.82, 2.24) is 9.88 Å². The van der Waals surface area contributed by atoms with Crippen molar-refractivity contribution in [2.75, 3.05) is 7.11 Å². The smallest absolute Gasteiger partial charge is 0.404 e. The SMILES string of the molecule is COC(=O)c1cc(S(=O)(=O)N[C@@H](CC(C)C)C(F)(F)F)on1. The number of carbonyl (C=O) groups excluding carboxylic acids is 1. The zero-order valence-electron chi connectivity index (χ0n) is 12.0. The molecule has 0 saturated heterocycles. The number of ether oxygens (including phenoxy) is 1. The van der Waals surface area contributed by atoms with E-state index in [1.165, 1.54) is 18.6 Å². The van der Waals surface area contributed by atoms with Crippen molar-refractivity contribution in [3.05, 3.63) is 11.8 Å². The number of alkyl halides is 3. The maximum absolute atomic E-state index is 12.9. The number of rotatable bonds is 6. The number of esters is 1. The first-order chi connectivity index (χ1) is 9.97. The molecule has 0 aliphatic rings. The number of hydrogen-bond acceptors (Lipinski definition) is 6. The molecule has 1 atom stereocenters. The standard InChI is InChI=1S/C11H15F3N2O5S/c1-6(2)4-8(11(12,13)14)16-22(18,19)9-5-7(15-21-9)10(17)20-3/h5-6,8,16H,4H2,1-3H3/t8-/m0/s1. The van der Waals surface area contributed by atoms with E-state index in [4.69, 9.17) is 0 Å². The lowest BCUT2D eigenvalue weighted by Crippen LogP contribution is -2.45. The molecule has 1 heterocycles. The quantitative estimate of drug-likeness (QED) is 0.789. The predicted molar refractivity (Wildman–Crippen MR) is 67.5 cm³/mol. The maximum atomic E-state index is 12.9. The summed E-state index contributed by atoms with van der Waals surface area (Å²) >= 11 is 0. The second-order valence-electron chi connectivity index (χ2n) is 4.87. The Hall–Kier alpha value is -1.62. The third-order valence-corrected chi connectivity index (χ3v) is 3.86. The van der Waals surface area contributed by atoms with E-state index in [1.54, 1.807) is 0 Å². The summed E-state index contributed by atoms with van der Waals surface area (Å²) in [6.07, 6.45) is -5.21. The van der Waals surface area contributed by atoms with Crippen molar-refractivity contribution in [2.45, 2.75) is 37.6 Å². The Morgan fingerprint density at radius 3 is 2.50 bits per heavy atom. The highest BCUT2D eigenvalue weighted by Gasteiger charge is 2.43. The van der Waals surface area contributed by atoms with Gasteiger partial charge < -0.3 is 9.26 Å². The third kappa shape index (κ3) is 4.70. The van der Waals surface area contributed by atoms with Crippen LogP contribution in [-0.2, 0) is 14.8 Å². The molecule has 1 aromatic rings. The van der Waals surface area contributed by atoms with Gasteiger partial charge in [-0.3, -0.25) is 0 Å². The highest BCUT2D eigenvalue weighted by molar-refractivity contribution is 7.89. The summed E-state index contributed by atoms with van der Waals surface area (Å²) in [6, 6.07) is -1.58. The van der Waals surface area contributed by atoms with E-state index in [0.29, 0.717) is 6.07 Å². The van der Waals surface area contributed by atoms with Crippen molar-refractivity contribution in [3.63, 3.8) is 0 Å². The zero-order chi connectivity index (χ0) is 17.1. The van der Waals surface area contributed by atoms with E-state index in [1.807, 2.05) is 0 Å². The van der Waals surface area contributed by atoms with Gasteiger partial charge in [0.15, 0.2) is 5.69 Å². The summed E-state index contributed by atoms with van der Waals surface area (Å²) in [6.45, 7) is 3.05. The molecule has 0 aliphatic carbocycles. The predicted octanol–water partition coefficient (Wildman–Crippen LogP) is 1.72. The van der Waals surface area contributed by atoms with E-state index in [-0.39, 0.29) is 0 Å². The molecule has 7 nitrogen and oxygen atoms in total. The molecule has 11 heteroatoms. The van der Waals surface area contributed by atoms with Crippen LogP contribution in [0.4, 0.5) is 13.2 Å².